The van der Waals surface area contributed by atoms with Gasteiger partial charge in [-0.05, 0) is 18.3 Å². The summed E-state index contributed by atoms with van der Waals surface area (Å²) >= 11 is 4.74. The Morgan fingerprint density at radius 3 is 3.27 bits per heavy atom. The van der Waals surface area contributed by atoms with Crippen LogP contribution in [0.4, 0.5) is 0 Å². The summed E-state index contributed by atoms with van der Waals surface area (Å²) in [6.45, 7) is 0.590. The van der Waals surface area contributed by atoms with Gasteiger partial charge in [0, 0.05) is 6.20 Å². The zero-order chi connectivity index (χ0) is 8.10. The SMILES string of the molecule is O=COCc1ccnc(=S)[nH]1. The Morgan fingerprint density at radius 1 is 1.82 bits per heavy atom. The molecule has 0 aromatic carbocycles. The van der Waals surface area contributed by atoms with Crippen LogP contribution in [-0.4, -0.2) is 16.4 Å². The number of carbonyl (C=O) groups is 1. The molecule has 0 radical (unpaired) electrons. The van der Waals surface area contributed by atoms with Crippen molar-refractivity contribution in [3.05, 3.63) is 22.7 Å². The highest BCUT2D eigenvalue weighted by atomic mass is 32.1. The summed E-state index contributed by atoms with van der Waals surface area (Å²) in [6, 6.07) is 1.69. The van der Waals surface area contributed by atoms with Gasteiger partial charge in [-0.2, -0.15) is 0 Å². The summed E-state index contributed by atoms with van der Waals surface area (Å²) in [5.41, 5.74) is 0.733. The molecular formula is C6H6N2O2S. The fourth-order valence-electron chi connectivity index (χ4n) is 0.614. The van der Waals surface area contributed by atoms with Crippen molar-refractivity contribution < 1.29 is 9.53 Å². The van der Waals surface area contributed by atoms with Crippen molar-refractivity contribution in [3.8, 4) is 0 Å². The van der Waals surface area contributed by atoms with E-state index in [9.17, 15) is 4.79 Å². The zero-order valence-corrected chi connectivity index (χ0v) is 6.43. The highest BCUT2D eigenvalue weighted by molar-refractivity contribution is 7.71. The predicted molar refractivity (Wildman–Crippen MR) is 40.3 cm³/mol. The second-order valence-electron chi connectivity index (χ2n) is 1.81. The van der Waals surface area contributed by atoms with E-state index in [1.807, 2.05) is 0 Å². The van der Waals surface area contributed by atoms with E-state index in [-0.39, 0.29) is 6.61 Å². The third kappa shape index (κ3) is 2.46. The standard InChI is InChI=1S/C6H6N2O2S/c9-4-10-3-5-1-2-7-6(11)8-5/h1-2,4H,3H2,(H,7,8,11). The first-order chi connectivity index (χ1) is 5.33. The minimum atomic E-state index is 0.204. The Kier molecular flexibility index (Phi) is 2.74. The molecule has 1 N–H and O–H groups in total. The molecule has 0 aliphatic carbocycles. The second-order valence-corrected chi connectivity index (χ2v) is 2.19. The summed E-state index contributed by atoms with van der Waals surface area (Å²) < 4.78 is 4.87. The molecule has 0 saturated heterocycles. The number of carbonyl (C=O) groups excluding carboxylic acids is 1. The van der Waals surface area contributed by atoms with Gasteiger partial charge >= 0.3 is 0 Å². The summed E-state index contributed by atoms with van der Waals surface area (Å²) in [5.74, 6) is 0. The molecule has 11 heavy (non-hydrogen) atoms. The molecule has 5 heteroatoms. The van der Waals surface area contributed by atoms with E-state index in [0.29, 0.717) is 11.2 Å². The first-order valence-corrected chi connectivity index (χ1v) is 3.33. The van der Waals surface area contributed by atoms with Crippen LogP contribution in [-0.2, 0) is 16.1 Å². The van der Waals surface area contributed by atoms with Crippen LogP contribution in [0.25, 0.3) is 0 Å². The highest BCUT2D eigenvalue weighted by Gasteiger charge is 1.90. The van der Waals surface area contributed by atoms with Gasteiger partial charge in [-0.15, -0.1) is 0 Å². The Hall–Kier alpha value is -1.23. The second kappa shape index (κ2) is 3.82. The molecule has 0 unspecified atom stereocenters. The lowest BCUT2D eigenvalue weighted by atomic mass is 10.4. The van der Waals surface area contributed by atoms with Crippen LogP contribution in [0, 0.1) is 4.77 Å². The zero-order valence-electron chi connectivity index (χ0n) is 5.61. The van der Waals surface area contributed by atoms with Crippen LogP contribution in [0.15, 0.2) is 12.3 Å². The van der Waals surface area contributed by atoms with Crippen LogP contribution >= 0.6 is 12.2 Å². The van der Waals surface area contributed by atoms with E-state index in [2.05, 4.69) is 14.7 Å². The molecule has 58 valence electrons. The van der Waals surface area contributed by atoms with Crippen molar-refractivity contribution in [1.82, 2.24) is 9.97 Å². The fourth-order valence-corrected chi connectivity index (χ4v) is 0.806. The summed E-state index contributed by atoms with van der Waals surface area (Å²) in [4.78, 5) is 16.3. The fraction of sp³-hybridized carbons (Fsp3) is 0.167. The minimum absolute atomic E-state index is 0.204. The van der Waals surface area contributed by atoms with Crippen molar-refractivity contribution in [2.24, 2.45) is 0 Å². The van der Waals surface area contributed by atoms with Crippen molar-refractivity contribution in [2.75, 3.05) is 0 Å². The van der Waals surface area contributed by atoms with E-state index in [1.165, 1.54) is 0 Å². The van der Waals surface area contributed by atoms with Crippen molar-refractivity contribution in [1.29, 1.82) is 0 Å². The topological polar surface area (TPSA) is 55.0 Å². The van der Waals surface area contributed by atoms with Gasteiger partial charge in [0.1, 0.15) is 6.61 Å². The summed E-state index contributed by atoms with van der Waals surface area (Å²) in [7, 11) is 0. The van der Waals surface area contributed by atoms with Crippen LogP contribution < -0.4 is 0 Å². The van der Waals surface area contributed by atoms with Crippen LogP contribution in [0.3, 0.4) is 0 Å². The molecule has 1 aromatic rings. The quantitative estimate of drug-likeness (QED) is 0.538. The van der Waals surface area contributed by atoms with Crippen LogP contribution in [0.2, 0.25) is 0 Å². The molecule has 1 aromatic heterocycles. The molecule has 0 spiro atoms. The molecule has 0 aliphatic heterocycles. The maximum absolute atomic E-state index is 9.79. The largest absolute Gasteiger partial charge is 0.461 e. The number of rotatable bonds is 3. The third-order valence-corrected chi connectivity index (χ3v) is 1.25. The number of aromatic amines is 1. The van der Waals surface area contributed by atoms with Gasteiger partial charge < -0.3 is 9.72 Å². The van der Waals surface area contributed by atoms with Crippen LogP contribution in [0.1, 0.15) is 5.69 Å². The molecule has 0 fully saturated rings. The smallest absolute Gasteiger partial charge is 0.293 e. The molecule has 1 heterocycles. The lowest BCUT2D eigenvalue weighted by Crippen LogP contribution is -1.94. The van der Waals surface area contributed by atoms with Crippen molar-refractivity contribution in [2.45, 2.75) is 6.61 Å². The van der Waals surface area contributed by atoms with Gasteiger partial charge in [0.15, 0.2) is 4.77 Å². The van der Waals surface area contributed by atoms with Crippen molar-refractivity contribution >= 4 is 18.7 Å². The van der Waals surface area contributed by atoms with Gasteiger partial charge in [-0.1, -0.05) is 0 Å². The highest BCUT2D eigenvalue weighted by Crippen LogP contribution is 1.93. The maximum atomic E-state index is 9.79. The Bertz CT molecular complexity index is 297. The number of aromatic nitrogens is 2. The lowest BCUT2D eigenvalue weighted by molar-refractivity contribution is -0.129. The third-order valence-electron chi connectivity index (χ3n) is 1.04. The van der Waals surface area contributed by atoms with Gasteiger partial charge in [0.25, 0.3) is 6.47 Å². The normalized spacial score (nSPS) is 9.09. The number of ether oxygens (including phenoxy) is 1. The molecule has 4 nitrogen and oxygen atoms in total. The van der Waals surface area contributed by atoms with Gasteiger partial charge in [-0.25, -0.2) is 4.98 Å². The average molecular weight is 170 g/mol. The average Bonchev–Trinajstić information content (AvgIpc) is 2.01. The minimum Gasteiger partial charge on any atom is -0.461 e. The molecule has 0 saturated carbocycles. The number of hydrogen-bond acceptors (Lipinski definition) is 4. The maximum Gasteiger partial charge on any atom is 0.293 e. The number of nitrogens with zero attached hydrogens (tertiary/aromatic N) is 1. The molecular weight excluding hydrogens is 164 g/mol. The Morgan fingerprint density at radius 2 is 2.64 bits per heavy atom. The summed E-state index contributed by atoms with van der Waals surface area (Å²) in [5, 5.41) is 0. The van der Waals surface area contributed by atoms with E-state index in [1.54, 1.807) is 12.3 Å². The molecule has 0 aliphatic rings. The molecule has 0 bridgehead atoms. The van der Waals surface area contributed by atoms with Gasteiger partial charge in [0.2, 0.25) is 0 Å². The Labute approximate surface area is 68.2 Å². The van der Waals surface area contributed by atoms with Crippen molar-refractivity contribution in [3.63, 3.8) is 0 Å². The molecule has 0 amide bonds. The van der Waals surface area contributed by atoms with E-state index in [0.717, 1.165) is 5.69 Å². The first-order valence-electron chi connectivity index (χ1n) is 2.92. The van der Waals surface area contributed by atoms with Crippen LogP contribution in [0.5, 0.6) is 0 Å². The molecule has 0 atom stereocenters. The lowest BCUT2D eigenvalue weighted by Gasteiger charge is -1.96. The van der Waals surface area contributed by atoms with E-state index >= 15 is 0 Å². The number of hydrogen-bond donors (Lipinski definition) is 1. The summed E-state index contributed by atoms with van der Waals surface area (Å²) in [6.07, 6.45) is 1.56. The first kappa shape index (κ1) is 7.87. The monoisotopic (exact) mass is 170 g/mol. The predicted octanol–water partition coefficient (Wildman–Crippen LogP) is 0.812. The Balaban J connectivity index is 2.71. The van der Waals surface area contributed by atoms with E-state index < -0.39 is 0 Å². The number of H-pyrrole nitrogens is 1. The van der Waals surface area contributed by atoms with E-state index in [4.69, 9.17) is 12.2 Å². The van der Waals surface area contributed by atoms with Gasteiger partial charge in [0.05, 0.1) is 5.69 Å². The molecule has 1 rings (SSSR count). The number of nitrogens with one attached hydrogen (secondary N) is 1. The van der Waals surface area contributed by atoms with Gasteiger partial charge in [-0.3, -0.25) is 4.79 Å².